The first-order chi connectivity index (χ1) is 11.2. The van der Waals surface area contributed by atoms with Crippen molar-refractivity contribution < 1.29 is 4.79 Å². The van der Waals surface area contributed by atoms with Crippen molar-refractivity contribution in [3.05, 3.63) is 70.3 Å². The summed E-state index contributed by atoms with van der Waals surface area (Å²) in [5.74, 6) is 0.0867. The van der Waals surface area contributed by atoms with Gasteiger partial charge in [0.15, 0.2) is 0 Å². The summed E-state index contributed by atoms with van der Waals surface area (Å²) >= 11 is 3.48. The number of benzene rings is 2. The van der Waals surface area contributed by atoms with E-state index in [1.807, 2.05) is 47.4 Å². The number of hydrogen-bond donors (Lipinski definition) is 1. The van der Waals surface area contributed by atoms with Crippen molar-refractivity contribution in [1.29, 1.82) is 0 Å². The predicted molar refractivity (Wildman–Crippen MR) is 95.5 cm³/mol. The van der Waals surface area contributed by atoms with Crippen LogP contribution in [-0.2, 0) is 0 Å². The van der Waals surface area contributed by atoms with Crippen molar-refractivity contribution in [3.63, 3.8) is 0 Å². The van der Waals surface area contributed by atoms with Gasteiger partial charge in [0.1, 0.15) is 5.69 Å². The van der Waals surface area contributed by atoms with Gasteiger partial charge in [-0.15, -0.1) is 0 Å². The second-order valence-electron chi connectivity index (χ2n) is 5.98. The quantitative estimate of drug-likeness (QED) is 0.685. The van der Waals surface area contributed by atoms with E-state index in [1.54, 1.807) is 0 Å². The highest BCUT2D eigenvalue weighted by Crippen LogP contribution is 2.33. The molecule has 0 spiro atoms. The zero-order valence-electron chi connectivity index (χ0n) is 12.6. The fourth-order valence-electron chi connectivity index (χ4n) is 3.40. The smallest absolute Gasteiger partial charge is 0.270 e. The molecule has 2 heterocycles. The number of amides is 1. The molecule has 1 amide bonds. The zero-order chi connectivity index (χ0) is 15.8. The van der Waals surface area contributed by atoms with E-state index in [0.717, 1.165) is 34.8 Å². The SMILES string of the molecule is O=C(c1cc2cc(Br)ccc2[nH]1)N1CCC[C@@H]1c1ccccc1. The summed E-state index contributed by atoms with van der Waals surface area (Å²) in [6.45, 7) is 0.817. The Labute approximate surface area is 143 Å². The van der Waals surface area contributed by atoms with Crippen molar-refractivity contribution in [2.45, 2.75) is 18.9 Å². The maximum absolute atomic E-state index is 13.0. The van der Waals surface area contributed by atoms with Gasteiger partial charge in [0.25, 0.3) is 5.91 Å². The average molecular weight is 369 g/mol. The highest BCUT2D eigenvalue weighted by atomic mass is 79.9. The molecule has 3 aromatic rings. The van der Waals surface area contributed by atoms with Crippen LogP contribution in [0.5, 0.6) is 0 Å². The van der Waals surface area contributed by atoms with E-state index >= 15 is 0 Å². The Hall–Kier alpha value is -2.07. The van der Waals surface area contributed by atoms with Gasteiger partial charge in [-0.05, 0) is 42.7 Å². The van der Waals surface area contributed by atoms with Crippen molar-refractivity contribution in [2.24, 2.45) is 0 Å². The maximum atomic E-state index is 13.0. The molecule has 116 valence electrons. The zero-order valence-corrected chi connectivity index (χ0v) is 14.2. The molecule has 3 nitrogen and oxygen atoms in total. The minimum atomic E-state index is 0.0867. The monoisotopic (exact) mass is 368 g/mol. The van der Waals surface area contributed by atoms with Gasteiger partial charge in [-0.1, -0.05) is 46.3 Å². The third-order valence-corrected chi connectivity index (χ3v) is 5.00. The van der Waals surface area contributed by atoms with Crippen LogP contribution in [0.1, 0.15) is 34.9 Å². The molecule has 1 aliphatic rings. The van der Waals surface area contributed by atoms with Crippen LogP contribution < -0.4 is 0 Å². The highest BCUT2D eigenvalue weighted by Gasteiger charge is 2.31. The molecule has 0 bridgehead atoms. The number of carbonyl (C=O) groups is 1. The van der Waals surface area contributed by atoms with Crippen LogP contribution in [0.15, 0.2) is 59.1 Å². The molecule has 0 radical (unpaired) electrons. The number of carbonyl (C=O) groups excluding carboxylic acids is 1. The van der Waals surface area contributed by atoms with E-state index in [1.165, 1.54) is 5.56 Å². The number of hydrogen-bond acceptors (Lipinski definition) is 1. The molecule has 1 fully saturated rings. The number of aromatic nitrogens is 1. The van der Waals surface area contributed by atoms with E-state index in [4.69, 9.17) is 0 Å². The van der Waals surface area contributed by atoms with Crippen molar-refractivity contribution in [1.82, 2.24) is 9.88 Å². The molecule has 1 saturated heterocycles. The molecule has 1 aromatic heterocycles. The Morgan fingerprint density at radius 1 is 1.13 bits per heavy atom. The molecule has 2 aromatic carbocycles. The van der Waals surface area contributed by atoms with Crippen LogP contribution in [0.3, 0.4) is 0 Å². The lowest BCUT2D eigenvalue weighted by Crippen LogP contribution is -2.30. The third-order valence-electron chi connectivity index (χ3n) is 4.51. The Morgan fingerprint density at radius 3 is 2.78 bits per heavy atom. The number of nitrogens with zero attached hydrogens (tertiary/aromatic N) is 1. The fourth-order valence-corrected chi connectivity index (χ4v) is 3.78. The molecule has 1 atom stereocenters. The van der Waals surface area contributed by atoms with Crippen LogP contribution in [0, 0.1) is 0 Å². The number of aromatic amines is 1. The third kappa shape index (κ3) is 2.68. The molecule has 4 rings (SSSR count). The number of nitrogens with one attached hydrogen (secondary N) is 1. The number of fused-ring (bicyclic) bond motifs is 1. The standard InChI is InChI=1S/C19H17BrN2O/c20-15-8-9-16-14(11-15)12-17(21-16)19(23)22-10-4-7-18(22)13-5-2-1-3-6-13/h1-3,5-6,8-9,11-12,18,21H,4,7,10H2/t18-/m1/s1. The number of rotatable bonds is 2. The summed E-state index contributed by atoms with van der Waals surface area (Å²) in [5.41, 5.74) is 2.88. The minimum Gasteiger partial charge on any atom is -0.351 e. The highest BCUT2D eigenvalue weighted by molar-refractivity contribution is 9.10. The Balaban J connectivity index is 1.66. The second-order valence-corrected chi connectivity index (χ2v) is 6.90. The summed E-state index contributed by atoms with van der Waals surface area (Å²) in [4.78, 5) is 18.2. The summed E-state index contributed by atoms with van der Waals surface area (Å²) < 4.78 is 1.02. The molecular weight excluding hydrogens is 352 g/mol. The van der Waals surface area contributed by atoms with Gasteiger partial charge in [0, 0.05) is 21.9 Å². The second kappa shape index (κ2) is 5.85. The van der Waals surface area contributed by atoms with Crippen LogP contribution in [0.4, 0.5) is 0 Å². The summed E-state index contributed by atoms with van der Waals surface area (Å²) in [6.07, 6.45) is 2.08. The van der Waals surface area contributed by atoms with Gasteiger partial charge in [-0.25, -0.2) is 0 Å². The molecule has 0 saturated carbocycles. The lowest BCUT2D eigenvalue weighted by Gasteiger charge is -2.24. The Morgan fingerprint density at radius 2 is 1.96 bits per heavy atom. The first-order valence-electron chi connectivity index (χ1n) is 7.86. The van der Waals surface area contributed by atoms with E-state index in [9.17, 15) is 4.79 Å². The van der Waals surface area contributed by atoms with Crippen LogP contribution in [-0.4, -0.2) is 22.3 Å². The summed E-state index contributed by atoms with van der Waals surface area (Å²) in [7, 11) is 0. The van der Waals surface area contributed by atoms with Gasteiger partial charge >= 0.3 is 0 Å². The lowest BCUT2D eigenvalue weighted by atomic mass is 10.0. The van der Waals surface area contributed by atoms with E-state index < -0.39 is 0 Å². The first kappa shape index (κ1) is 14.5. The minimum absolute atomic E-state index is 0.0867. The molecule has 0 aliphatic carbocycles. The predicted octanol–water partition coefficient (Wildman–Crippen LogP) is 4.91. The number of H-pyrrole nitrogens is 1. The largest absolute Gasteiger partial charge is 0.351 e. The molecule has 4 heteroatoms. The van der Waals surface area contributed by atoms with Gasteiger partial charge in [0.05, 0.1) is 6.04 Å². The molecule has 1 N–H and O–H groups in total. The Bertz CT molecular complexity index is 856. The average Bonchev–Trinajstić information content (AvgIpc) is 3.21. The number of halogens is 1. The maximum Gasteiger partial charge on any atom is 0.270 e. The fraction of sp³-hybridized carbons (Fsp3) is 0.211. The Kier molecular flexibility index (Phi) is 3.69. The first-order valence-corrected chi connectivity index (χ1v) is 8.66. The van der Waals surface area contributed by atoms with Gasteiger partial charge in [0.2, 0.25) is 0 Å². The molecular formula is C19H17BrN2O. The topological polar surface area (TPSA) is 36.1 Å². The normalized spacial score (nSPS) is 17.8. The van der Waals surface area contributed by atoms with Crippen molar-refractivity contribution in [3.8, 4) is 0 Å². The van der Waals surface area contributed by atoms with E-state index in [-0.39, 0.29) is 11.9 Å². The molecule has 23 heavy (non-hydrogen) atoms. The van der Waals surface area contributed by atoms with Crippen LogP contribution >= 0.6 is 15.9 Å². The lowest BCUT2D eigenvalue weighted by molar-refractivity contribution is 0.0730. The van der Waals surface area contributed by atoms with Crippen LogP contribution in [0.25, 0.3) is 10.9 Å². The van der Waals surface area contributed by atoms with Crippen molar-refractivity contribution >= 4 is 32.7 Å². The molecule has 1 aliphatic heterocycles. The van der Waals surface area contributed by atoms with E-state index in [2.05, 4.69) is 33.0 Å². The van der Waals surface area contributed by atoms with Crippen molar-refractivity contribution in [2.75, 3.05) is 6.54 Å². The van der Waals surface area contributed by atoms with Crippen LogP contribution in [0.2, 0.25) is 0 Å². The summed E-state index contributed by atoms with van der Waals surface area (Å²) in [5, 5.41) is 1.05. The van der Waals surface area contributed by atoms with Gasteiger partial charge < -0.3 is 9.88 Å². The number of likely N-dealkylation sites (tertiary alicyclic amines) is 1. The van der Waals surface area contributed by atoms with E-state index in [0.29, 0.717) is 5.69 Å². The molecule has 0 unspecified atom stereocenters. The van der Waals surface area contributed by atoms with Gasteiger partial charge in [-0.3, -0.25) is 4.79 Å². The van der Waals surface area contributed by atoms with Gasteiger partial charge in [-0.2, -0.15) is 0 Å². The summed E-state index contributed by atoms with van der Waals surface area (Å²) in [6, 6.07) is 18.4.